The fourth-order valence-electron chi connectivity index (χ4n) is 4.75. The van der Waals surface area contributed by atoms with E-state index in [4.69, 9.17) is 0 Å². The number of benzene rings is 1. The second-order valence-corrected chi connectivity index (χ2v) is 10.2. The fraction of sp³-hybridized carbons (Fsp3) is 0.429. The number of aromatic hydroxyl groups is 1. The first-order chi connectivity index (χ1) is 14.7. The van der Waals surface area contributed by atoms with E-state index in [1.165, 1.54) is 11.3 Å². The molecule has 1 saturated heterocycles. The molecule has 1 aromatic carbocycles. The summed E-state index contributed by atoms with van der Waals surface area (Å²) < 4.78 is 1.90. The summed E-state index contributed by atoms with van der Waals surface area (Å²) in [6, 6.07) is 7.36. The van der Waals surface area contributed by atoms with Crippen molar-refractivity contribution in [2.24, 2.45) is 0 Å². The van der Waals surface area contributed by atoms with E-state index in [9.17, 15) is 5.11 Å². The average Bonchev–Trinajstić information content (AvgIpc) is 3.35. The lowest BCUT2D eigenvalue weighted by Crippen LogP contribution is -2.58. The third-order valence-corrected chi connectivity index (χ3v) is 6.36. The van der Waals surface area contributed by atoms with Gasteiger partial charge in [0.25, 0.3) is 0 Å². The van der Waals surface area contributed by atoms with Gasteiger partial charge in [0, 0.05) is 22.2 Å². The summed E-state index contributed by atoms with van der Waals surface area (Å²) in [5, 5.41) is 40.5. The molecular weight excluding hydrogens is 448 g/mol. The predicted octanol–water partition coefficient (Wildman–Crippen LogP) is 4.02. The highest BCUT2D eigenvalue weighted by Crippen LogP contribution is 2.37. The number of nitrogens with zero attached hydrogens (tertiary/aromatic N) is 7. The molecule has 1 aliphatic rings. The smallest absolute Gasteiger partial charge is 0.201 e. The number of hydrogen-bond donors (Lipinski definition) is 2. The van der Waals surface area contributed by atoms with Gasteiger partial charge in [0.1, 0.15) is 21.8 Å². The first-order valence-electron chi connectivity index (χ1n) is 10.2. The summed E-state index contributed by atoms with van der Waals surface area (Å²) in [5.74, 6) is 0.107. The monoisotopic (exact) mass is 472 g/mol. The van der Waals surface area contributed by atoms with Gasteiger partial charge in [-0.15, -0.1) is 37.9 Å². The molecule has 0 unspecified atom stereocenters. The van der Waals surface area contributed by atoms with Crippen molar-refractivity contribution in [2.75, 3.05) is 0 Å². The van der Waals surface area contributed by atoms with Crippen LogP contribution < -0.4 is 5.32 Å². The number of rotatable bonds is 3. The summed E-state index contributed by atoms with van der Waals surface area (Å²) in [5.41, 5.74) is 4.89. The van der Waals surface area contributed by atoms with Crippen LogP contribution in [-0.2, 0) is 0 Å². The van der Waals surface area contributed by atoms with E-state index in [0.29, 0.717) is 22.4 Å². The van der Waals surface area contributed by atoms with Gasteiger partial charge >= 0.3 is 0 Å². The summed E-state index contributed by atoms with van der Waals surface area (Å²) in [6.45, 7) is 8.83. The minimum absolute atomic E-state index is 0. The highest BCUT2D eigenvalue weighted by Gasteiger charge is 2.39. The molecule has 0 bridgehead atoms. The first kappa shape index (κ1) is 22.5. The third-order valence-electron chi connectivity index (χ3n) is 5.62. The van der Waals surface area contributed by atoms with Crippen LogP contribution in [0, 0.1) is 0 Å². The van der Waals surface area contributed by atoms with Gasteiger partial charge in [-0.05, 0) is 58.7 Å². The van der Waals surface area contributed by atoms with Gasteiger partial charge in [0.2, 0.25) is 5.65 Å². The van der Waals surface area contributed by atoms with Crippen molar-refractivity contribution >= 4 is 34.9 Å². The zero-order valence-electron chi connectivity index (χ0n) is 18.3. The number of phenols is 1. The molecule has 4 aromatic rings. The molecule has 1 fully saturated rings. The van der Waals surface area contributed by atoms with Crippen molar-refractivity contribution in [3.05, 3.63) is 29.8 Å². The normalized spacial score (nSPS) is 17.9. The van der Waals surface area contributed by atoms with E-state index in [1.807, 2.05) is 22.9 Å². The molecule has 0 spiro atoms. The highest BCUT2D eigenvalue weighted by atomic mass is 35.5. The molecule has 4 heterocycles. The quantitative estimate of drug-likeness (QED) is 0.459. The Morgan fingerprint density at radius 2 is 1.78 bits per heavy atom. The lowest BCUT2D eigenvalue weighted by atomic mass is 9.80. The molecule has 0 atom stereocenters. The van der Waals surface area contributed by atoms with Crippen LogP contribution in [0.2, 0.25) is 0 Å². The minimum Gasteiger partial charge on any atom is -0.507 e. The van der Waals surface area contributed by atoms with Gasteiger partial charge in [-0.3, -0.25) is 0 Å². The molecule has 9 nitrogen and oxygen atoms in total. The van der Waals surface area contributed by atoms with Crippen LogP contribution in [0.15, 0.2) is 29.8 Å². The van der Waals surface area contributed by atoms with E-state index < -0.39 is 0 Å². The molecule has 3 aromatic heterocycles. The Labute approximate surface area is 195 Å². The molecule has 0 aliphatic carbocycles. The summed E-state index contributed by atoms with van der Waals surface area (Å²) in [4.78, 5) is 0. The second kappa shape index (κ2) is 8.02. The highest BCUT2D eigenvalue weighted by molar-refractivity contribution is 7.12. The average molecular weight is 473 g/mol. The topological polar surface area (TPSA) is 115 Å². The molecular formula is C21H25ClN8OS. The van der Waals surface area contributed by atoms with Crippen molar-refractivity contribution in [1.29, 1.82) is 0 Å². The largest absolute Gasteiger partial charge is 0.507 e. The van der Waals surface area contributed by atoms with Crippen molar-refractivity contribution in [1.82, 2.24) is 40.7 Å². The Morgan fingerprint density at radius 1 is 1.03 bits per heavy atom. The number of nitrogens with one attached hydrogen (secondary N) is 1. The van der Waals surface area contributed by atoms with Crippen LogP contribution in [0.1, 0.15) is 46.6 Å². The first-order valence-corrected chi connectivity index (χ1v) is 11.1. The predicted molar refractivity (Wildman–Crippen MR) is 126 cm³/mol. The minimum atomic E-state index is -0.0153. The van der Waals surface area contributed by atoms with Gasteiger partial charge in [-0.25, -0.2) is 4.68 Å². The molecule has 32 heavy (non-hydrogen) atoms. The van der Waals surface area contributed by atoms with Crippen molar-refractivity contribution < 1.29 is 5.11 Å². The lowest BCUT2D eigenvalue weighted by molar-refractivity contribution is 0.127. The standard InChI is InChI=1S/C21H24N8OS.ClH/c1-20(2)9-13(10-21(3,4)27-20)29-18-16(24-28-29)8-15(23-25-18)14-6-5-12(7-17(14)30)19-26-22-11-31-19;/h5-8,11,13,27,30H,9-10H2,1-4H3;1H. The van der Waals surface area contributed by atoms with Crippen molar-refractivity contribution in [3.63, 3.8) is 0 Å². The van der Waals surface area contributed by atoms with E-state index in [1.54, 1.807) is 11.6 Å². The van der Waals surface area contributed by atoms with Crippen LogP contribution in [0.5, 0.6) is 5.75 Å². The van der Waals surface area contributed by atoms with Crippen LogP contribution in [-0.4, -0.2) is 51.6 Å². The Balaban J connectivity index is 0.00000245. The molecule has 0 radical (unpaired) electrons. The Morgan fingerprint density at radius 3 is 2.44 bits per heavy atom. The Hall–Kier alpha value is -2.69. The molecule has 2 N–H and O–H groups in total. The van der Waals surface area contributed by atoms with Gasteiger partial charge in [0.15, 0.2) is 0 Å². The summed E-state index contributed by atoms with van der Waals surface area (Å²) >= 11 is 1.42. The number of hydrogen-bond acceptors (Lipinski definition) is 9. The third kappa shape index (κ3) is 4.17. The van der Waals surface area contributed by atoms with Crippen LogP contribution in [0.3, 0.4) is 0 Å². The molecule has 0 saturated carbocycles. The van der Waals surface area contributed by atoms with Gasteiger partial charge in [-0.2, -0.15) is 0 Å². The van der Waals surface area contributed by atoms with E-state index >= 15 is 0 Å². The lowest BCUT2D eigenvalue weighted by Gasteiger charge is -2.46. The van der Waals surface area contributed by atoms with Crippen LogP contribution in [0.4, 0.5) is 0 Å². The number of aromatic nitrogens is 7. The van der Waals surface area contributed by atoms with Gasteiger partial charge in [0.05, 0.1) is 11.7 Å². The number of piperidine rings is 1. The number of halogens is 1. The zero-order valence-corrected chi connectivity index (χ0v) is 19.9. The molecule has 5 rings (SSSR count). The van der Waals surface area contributed by atoms with Crippen LogP contribution in [0.25, 0.3) is 33.0 Å². The summed E-state index contributed by atoms with van der Waals surface area (Å²) in [7, 11) is 0. The van der Waals surface area contributed by atoms with Crippen molar-refractivity contribution in [2.45, 2.75) is 57.7 Å². The second-order valence-electron chi connectivity index (χ2n) is 9.40. The number of fused-ring (bicyclic) bond motifs is 1. The molecule has 1 aliphatic heterocycles. The summed E-state index contributed by atoms with van der Waals surface area (Å²) in [6.07, 6.45) is 1.85. The maximum Gasteiger partial charge on any atom is 0.201 e. The van der Waals surface area contributed by atoms with Gasteiger partial charge < -0.3 is 10.4 Å². The SMILES string of the molecule is CC1(C)CC(n2nnc3cc(-c4ccc(-c5nncs5)cc4O)nnc32)CC(C)(C)N1.Cl. The van der Waals surface area contributed by atoms with Crippen molar-refractivity contribution in [3.8, 4) is 27.6 Å². The van der Waals surface area contributed by atoms with Gasteiger partial charge in [-0.1, -0.05) is 22.6 Å². The maximum atomic E-state index is 10.6. The van der Waals surface area contributed by atoms with E-state index in [0.717, 1.165) is 23.4 Å². The van der Waals surface area contributed by atoms with Crippen LogP contribution >= 0.6 is 23.7 Å². The molecule has 0 amide bonds. The zero-order chi connectivity index (χ0) is 21.8. The van der Waals surface area contributed by atoms with E-state index in [2.05, 4.69) is 63.7 Å². The number of phenolic OH excluding ortho intramolecular Hbond substituents is 1. The molecule has 168 valence electrons. The Kier molecular flexibility index (Phi) is 5.64. The molecule has 11 heteroatoms. The Bertz CT molecular complexity index is 1240. The maximum absolute atomic E-state index is 10.6. The van der Waals surface area contributed by atoms with E-state index in [-0.39, 0.29) is 35.3 Å². The fourth-order valence-corrected chi connectivity index (χ4v) is 5.30.